The number of carbonyl (C=O) groups excluding carboxylic acids is 2. The van der Waals surface area contributed by atoms with Gasteiger partial charge in [0.2, 0.25) is 0 Å². The Morgan fingerprint density at radius 3 is 2.76 bits per heavy atom. The molecule has 3 N–H and O–H groups in total. The van der Waals surface area contributed by atoms with Gasteiger partial charge >= 0.3 is 12.0 Å². The summed E-state index contributed by atoms with van der Waals surface area (Å²) in [5.41, 5.74) is 1.84. The summed E-state index contributed by atoms with van der Waals surface area (Å²) in [5, 5.41) is 15.4. The third-order valence-electron chi connectivity index (χ3n) is 3.34. The molecule has 6 nitrogen and oxygen atoms in total. The Kier molecular flexibility index (Phi) is 4.16. The number of aromatic hydroxyl groups is 1. The van der Waals surface area contributed by atoms with Gasteiger partial charge in [-0.3, -0.25) is 0 Å². The fourth-order valence-corrected chi connectivity index (χ4v) is 2.32. The van der Waals surface area contributed by atoms with Crippen LogP contribution in [0.5, 0.6) is 5.75 Å². The number of aryl methyl sites for hydroxylation is 1. The van der Waals surface area contributed by atoms with E-state index in [4.69, 9.17) is 4.74 Å². The normalized spacial score (nSPS) is 18.0. The molecule has 0 fully saturated rings. The van der Waals surface area contributed by atoms with Crippen molar-refractivity contribution in [3.05, 3.63) is 40.6 Å². The van der Waals surface area contributed by atoms with Crippen LogP contribution in [0, 0.1) is 6.92 Å². The molecule has 2 rings (SSSR count). The Morgan fingerprint density at radius 1 is 1.38 bits per heavy atom. The van der Waals surface area contributed by atoms with Gasteiger partial charge in [0.05, 0.1) is 18.2 Å². The Bertz CT molecular complexity index is 622. The van der Waals surface area contributed by atoms with Gasteiger partial charge in [0, 0.05) is 11.3 Å². The minimum atomic E-state index is -0.738. The highest BCUT2D eigenvalue weighted by atomic mass is 16.5. The van der Waals surface area contributed by atoms with Crippen molar-refractivity contribution in [1.82, 2.24) is 10.6 Å². The Hall–Kier alpha value is -2.50. The summed E-state index contributed by atoms with van der Waals surface area (Å²) in [6, 6.07) is 4.02. The lowest BCUT2D eigenvalue weighted by molar-refractivity contribution is -0.139. The van der Waals surface area contributed by atoms with Gasteiger partial charge < -0.3 is 20.5 Å². The first kappa shape index (κ1) is 14.9. The number of para-hydroxylation sites is 1. The molecule has 0 saturated carbocycles. The van der Waals surface area contributed by atoms with Gasteiger partial charge in [0.1, 0.15) is 5.75 Å². The highest BCUT2D eigenvalue weighted by Crippen LogP contribution is 2.34. The highest BCUT2D eigenvalue weighted by molar-refractivity contribution is 5.95. The third kappa shape index (κ3) is 2.84. The number of ether oxygens (including phenoxy) is 1. The number of allylic oxidation sites excluding steroid dienone is 1. The molecule has 0 aliphatic carbocycles. The SMILES string of the molecule is CCOC(=O)C1=C(C)NC(=O)N[C@H]1c1cccc(C)c1O. The van der Waals surface area contributed by atoms with Gasteiger partial charge in [-0.2, -0.15) is 0 Å². The number of benzene rings is 1. The summed E-state index contributed by atoms with van der Waals surface area (Å²) in [7, 11) is 0. The van der Waals surface area contributed by atoms with Crippen LogP contribution in [0.1, 0.15) is 31.0 Å². The second kappa shape index (κ2) is 5.87. The lowest BCUT2D eigenvalue weighted by atomic mass is 9.93. The fraction of sp³-hybridized carbons (Fsp3) is 0.333. The summed E-state index contributed by atoms with van der Waals surface area (Å²) in [6.45, 7) is 5.32. The van der Waals surface area contributed by atoms with E-state index in [9.17, 15) is 14.7 Å². The molecular weight excluding hydrogens is 272 g/mol. The number of esters is 1. The largest absolute Gasteiger partial charge is 0.507 e. The molecule has 1 aromatic rings. The standard InChI is InChI=1S/C15H18N2O4/c1-4-21-14(19)11-9(3)16-15(20)17-12(11)10-7-5-6-8(2)13(10)18/h5-7,12,18H,4H2,1-3H3,(H2,16,17,20)/t12-/m0/s1. The Morgan fingerprint density at radius 2 is 2.10 bits per heavy atom. The maximum Gasteiger partial charge on any atom is 0.338 e. The maximum absolute atomic E-state index is 12.1. The van der Waals surface area contributed by atoms with Gasteiger partial charge in [0.15, 0.2) is 0 Å². The van der Waals surface area contributed by atoms with Crippen molar-refractivity contribution in [1.29, 1.82) is 0 Å². The quantitative estimate of drug-likeness (QED) is 0.742. The zero-order valence-corrected chi connectivity index (χ0v) is 12.2. The van der Waals surface area contributed by atoms with E-state index in [0.29, 0.717) is 16.8 Å². The van der Waals surface area contributed by atoms with E-state index in [1.165, 1.54) is 0 Å². The third-order valence-corrected chi connectivity index (χ3v) is 3.34. The predicted octanol–water partition coefficient (Wildman–Crippen LogP) is 1.89. The van der Waals surface area contributed by atoms with Gasteiger partial charge in [0.25, 0.3) is 0 Å². The molecule has 0 spiro atoms. The van der Waals surface area contributed by atoms with Crippen molar-refractivity contribution in [2.75, 3.05) is 6.61 Å². The van der Waals surface area contributed by atoms with Gasteiger partial charge in [-0.15, -0.1) is 0 Å². The van der Waals surface area contributed by atoms with Gasteiger partial charge in [-0.25, -0.2) is 9.59 Å². The van der Waals surface area contributed by atoms with E-state index in [2.05, 4.69) is 10.6 Å². The molecule has 0 bridgehead atoms. The minimum absolute atomic E-state index is 0.0549. The first-order chi connectivity index (χ1) is 9.95. The Labute approximate surface area is 122 Å². The smallest absolute Gasteiger partial charge is 0.338 e. The summed E-state index contributed by atoms with van der Waals surface area (Å²) in [6.07, 6.45) is 0. The first-order valence-corrected chi connectivity index (χ1v) is 6.69. The van der Waals surface area contributed by atoms with Crippen molar-refractivity contribution in [3.8, 4) is 5.75 Å². The van der Waals surface area contributed by atoms with Crippen LogP contribution >= 0.6 is 0 Å². The van der Waals surface area contributed by atoms with E-state index in [0.717, 1.165) is 0 Å². The molecule has 1 aliphatic heterocycles. The lowest BCUT2D eigenvalue weighted by Crippen LogP contribution is -2.45. The topological polar surface area (TPSA) is 87.7 Å². The number of phenolic OH excluding ortho intramolecular Hbond substituents is 1. The number of amides is 2. The second-order valence-corrected chi connectivity index (χ2v) is 4.80. The number of carbonyl (C=O) groups is 2. The average molecular weight is 290 g/mol. The number of hydrogen-bond donors (Lipinski definition) is 3. The molecule has 0 unspecified atom stereocenters. The van der Waals surface area contributed by atoms with Crippen molar-refractivity contribution < 1.29 is 19.4 Å². The molecule has 112 valence electrons. The van der Waals surface area contributed by atoms with Crippen molar-refractivity contribution >= 4 is 12.0 Å². The predicted molar refractivity (Wildman–Crippen MR) is 76.6 cm³/mol. The van der Waals surface area contributed by atoms with Gasteiger partial charge in [-0.1, -0.05) is 18.2 Å². The highest BCUT2D eigenvalue weighted by Gasteiger charge is 2.33. The van der Waals surface area contributed by atoms with Crippen LogP contribution in [-0.2, 0) is 9.53 Å². The van der Waals surface area contributed by atoms with Gasteiger partial charge in [-0.05, 0) is 26.3 Å². The van der Waals surface area contributed by atoms with Crippen molar-refractivity contribution in [2.45, 2.75) is 26.8 Å². The van der Waals surface area contributed by atoms with Crippen molar-refractivity contribution in [2.24, 2.45) is 0 Å². The molecule has 0 aromatic heterocycles. The van der Waals surface area contributed by atoms with E-state index >= 15 is 0 Å². The van der Waals surface area contributed by atoms with Crippen LogP contribution in [0.2, 0.25) is 0 Å². The molecule has 1 aromatic carbocycles. The van der Waals surface area contributed by atoms with E-state index < -0.39 is 18.0 Å². The van der Waals surface area contributed by atoms with E-state index in [-0.39, 0.29) is 17.9 Å². The molecule has 1 aliphatic rings. The first-order valence-electron chi connectivity index (χ1n) is 6.69. The van der Waals surface area contributed by atoms with E-state index in [1.807, 2.05) is 0 Å². The summed E-state index contributed by atoms with van der Waals surface area (Å²) >= 11 is 0. The molecule has 21 heavy (non-hydrogen) atoms. The van der Waals surface area contributed by atoms with Crippen LogP contribution in [0.3, 0.4) is 0 Å². The second-order valence-electron chi connectivity index (χ2n) is 4.80. The minimum Gasteiger partial charge on any atom is -0.507 e. The van der Waals surface area contributed by atoms with E-state index in [1.54, 1.807) is 39.0 Å². The molecule has 0 radical (unpaired) electrons. The molecule has 0 saturated heterocycles. The van der Waals surface area contributed by atoms with Crippen molar-refractivity contribution in [3.63, 3.8) is 0 Å². The summed E-state index contributed by atoms with van der Waals surface area (Å²) < 4.78 is 5.04. The number of urea groups is 1. The molecule has 1 heterocycles. The van der Waals surface area contributed by atoms with Crippen LogP contribution in [0.25, 0.3) is 0 Å². The number of nitrogens with one attached hydrogen (secondary N) is 2. The zero-order chi connectivity index (χ0) is 15.6. The number of rotatable bonds is 3. The lowest BCUT2D eigenvalue weighted by Gasteiger charge is -2.28. The molecule has 1 atom stereocenters. The maximum atomic E-state index is 12.1. The summed E-state index contributed by atoms with van der Waals surface area (Å²) in [4.78, 5) is 23.8. The van der Waals surface area contributed by atoms with Crippen LogP contribution in [0.4, 0.5) is 4.79 Å². The average Bonchev–Trinajstić information content (AvgIpc) is 2.41. The molecular formula is C15H18N2O4. The van der Waals surface area contributed by atoms with Crippen LogP contribution < -0.4 is 10.6 Å². The zero-order valence-electron chi connectivity index (χ0n) is 12.2. The number of phenols is 1. The fourth-order valence-electron chi connectivity index (χ4n) is 2.32. The van der Waals surface area contributed by atoms with Crippen LogP contribution in [-0.4, -0.2) is 23.7 Å². The number of hydrogen-bond acceptors (Lipinski definition) is 4. The Balaban J connectivity index is 2.52. The monoisotopic (exact) mass is 290 g/mol. The van der Waals surface area contributed by atoms with Crippen LogP contribution in [0.15, 0.2) is 29.5 Å². The summed E-state index contributed by atoms with van der Waals surface area (Å²) in [5.74, 6) is -0.465. The molecule has 2 amide bonds. The molecule has 6 heteroatoms.